The lowest BCUT2D eigenvalue weighted by molar-refractivity contribution is 0.174. The van der Waals surface area contributed by atoms with Gasteiger partial charge in [0.05, 0.1) is 11.0 Å². The first kappa shape index (κ1) is 30.7. The molecule has 2 aromatic carbocycles. The van der Waals surface area contributed by atoms with E-state index in [4.69, 9.17) is 4.98 Å². The third-order valence-corrected chi connectivity index (χ3v) is 9.24. The first-order valence-electron chi connectivity index (χ1n) is 15.2. The van der Waals surface area contributed by atoms with Gasteiger partial charge in [-0.25, -0.2) is 13.4 Å². The number of rotatable bonds is 15. The van der Waals surface area contributed by atoms with Gasteiger partial charge in [0.15, 0.2) is 0 Å². The summed E-state index contributed by atoms with van der Waals surface area (Å²) in [5.41, 5.74) is 5.64. The summed E-state index contributed by atoms with van der Waals surface area (Å²) >= 11 is 0. The Labute approximate surface area is 255 Å². The number of unbranched alkanes of at least 4 members (excludes halogenated alkanes) is 3. The molecule has 0 saturated carbocycles. The Hall–Kier alpha value is -3.79. The second kappa shape index (κ2) is 14.6. The number of pyridine rings is 2. The van der Waals surface area contributed by atoms with Crippen LogP contribution in [0.2, 0.25) is 0 Å². The van der Waals surface area contributed by atoms with Crippen LogP contribution in [0, 0.1) is 0 Å². The zero-order chi connectivity index (χ0) is 30.1. The number of nitrogens with one attached hydrogen (secondary N) is 2. The molecule has 3 heterocycles. The van der Waals surface area contributed by atoms with E-state index in [9.17, 15) is 13.5 Å². The predicted octanol–water partition coefficient (Wildman–Crippen LogP) is 5.96. The average molecular weight is 600 g/mol. The standard InChI is InChI=1S/C34H41N5O3S/c1-2-3-4-5-7-27-11-16-34(37-23-27)39-21-18-28-22-31(14-15-32(28)39)43(41,42)38-30-12-9-26(10-13-30)17-20-36-25-33(40)29-8-6-19-35-24-29/h6,8-16,19,22-24,33,36,38,40H,2-5,7,17-18,20-21,25H2,1H3/t33-/m0/s1. The second-order valence-corrected chi connectivity index (χ2v) is 12.8. The van der Waals surface area contributed by atoms with E-state index in [1.807, 2.05) is 30.5 Å². The van der Waals surface area contributed by atoms with Crippen molar-refractivity contribution in [2.24, 2.45) is 0 Å². The zero-order valence-corrected chi connectivity index (χ0v) is 25.6. The highest BCUT2D eigenvalue weighted by atomic mass is 32.2. The lowest BCUT2D eigenvalue weighted by Gasteiger charge is -2.19. The monoisotopic (exact) mass is 599 g/mol. The smallest absolute Gasteiger partial charge is 0.261 e. The van der Waals surface area contributed by atoms with Gasteiger partial charge in [0, 0.05) is 48.6 Å². The number of aliphatic hydroxyl groups excluding tert-OH is 1. The fourth-order valence-corrected chi connectivity index (χ4v) is 6.49. The molecule has 0 radical (unpaired) electrons. The third kappa shape index (κ3) is 8.19. The van der Waals surface area contributed by atoms with E-state index in [1.54, 1.807) is 42.7 Å². The summed E-state index contributed by atoms with van der Waals surface area (Å²) in [6.07, 6.45) is 12.2. The van der Waals surface area contributed by atoms with E-state index in [0.717, 1.165) is 54.0 Å². The molecule has 2 aromatic heterocycles. The van der Waals surface area contributed by atoms with Gasteiger partial charge in [-0.1, -0.05) is 50.5 Å². The Kier molecular flexibility index (Phi) is 10.4. The minimum atomic E-state index is -3.73. The van der Waals surface area contributed by atoms with E-state index >= 15 is 0 Å². The molecule has 1 aliphatic rings. The predicted molar refractivity (Wildman–Crippen MR) is 172 cm³/mol. The Morgan fingerprint density at radius 3 is 2.53 bits per heavy atom. The molecular weight excluding hydrogens is 558 g/mol. The van der Waals surface area contributed by atoms with Crippen molar-refractivity contribution in [3.8, 4) is 0 Å². The summed E-state index contributed by atoms with van der Waals surface area (Å²) in [6, 6.07) is 20.6. The van der Waals surface area contributed by atoms with Gasteiger partial charge < -0.3 is 15.3 Å². The molecule has 0 fully saturated rings. The number of sulfonamides is 1. The van der Waals surface area contributed by atoms with Crippen LogP contribution in [-0.4, -0.2) is 43.1 Å². The van der Waals surface area contributed by atoms with Crippen LogP contribution in [0.15, 0.2) is 90.2 Å². The number of fused-ring (bicyclic) bond motifs is 1. The second-order valence-electron chi connectivity index (χ2n) is 11.1. The molecular formula is C34H41N5O3S. The molecule has 9 heteroatoms. The Bertz CT molecular complexity index is 1560. The summed E-state index contributed by atoms with van der Waals surface area (Å²) in [5, 5.41) is 13.5. The Morgan fingerprint density at radius 2 is 1.79 bits per heavy atom. The van der Waals surface area contributed by atoms with Crippen molar-refractivity contribution >= 4 is 27.2 Å². The number of aliphatic hydroxyl groups is 1. The molecule has 5 rings (SSSR count). The molecule has 3 N–H and O–H groups in total. The van der Waals surface area contributed by atoms with Crippen LogP contribution in [0.3, 0.4) is 0 Å². The lowest BCUT2D eigenvalue weighted by atomic mass is 10.1. The van der Waals surface area contributed by atoms with Crippen molar-refractivity contribution in [3.05, 3.63) is 108 Å². The number of hydrogen-bond acceptors (Lipinski definition) is 7. The van der Waals surface area contributed by atoms with E-state index in [-0.39, 0.29) is 4.90 Å². The molecule has 0 spiro atoms. The minimum Gasteiger partial charge on any atom is -0.387 e. The summed E-state index contributed by atoms with van der Waals surface area (Å²) in [7, 11) is -3.73. The van der Waals surface area contributed by atoms with Crippen LogP contribution in [0.4, 0.5) is 17.2 Å². The average Bonchev–Trinajstić information content (AvgIpc) is 3.46. The molecule has 0 unspecified atom stereocenters. The number of anilines is 3. The highest BCUT2D eigenvalue weighted by Gasteiger charge is 2.24. The molecule has 4 aromatic rings. The van der Waals surface area contributed by atoms with E-state index < -0.39 is 16.1 Å². The Balaban J connectivity index is 1.13. The Morgan fingerprint density at radius 1 is 0.953 bits per heavy atom. The van der Waals surface area contributed by atoms with Gasteiger partial charge in [-0.05, 0) is 91.4 Å². The van der Waals surface area contributed by atoms with Crippen molar-refractivity contribution < 1.29 is 13.5 Å². The number of aryl methyl sites for hydroxylation is 1. The van der Waals surface area contributed by atoms with Gasteiger partial charge in [0.2, 0.25) is 0 Å². The largest absolute Gasteiger partial charge is 0.387 e. The van der Waals surface area contributed by atoms with Crippen LogP contribution in [0.5, 0.6) is 0 Å². The maximum absolute atomic E-state index is 13.2. The summed E-state index contributed by atoms with van der Waals surface area (Å²) < 4.78 is 29.2. The fraction of sp³-hybridized carbons (Fsp3) is 0.353. The summed E-state index contributed by atoms with van der Waals surface area (Å²) in [6.45, 7) is 4.12. The van der Waals surface area contributed by atoms with Gasteiger partial charge in [0.1, 0.15) is 5.82 Å². The van der Waals surface area contributed by atoms with Gasteiger partial charge in [-0.3, -0.25) is 9.71 Å². The quantitative estimate of drug-likeness (QED) is 0.145. The summed E-state index contributed by atoms with van der Waals surface area (Å²) in [4.78, 5) is 11.2. The zero-order valence-electron chi connectivity index (χ0n) is 24.7. The highest BCUT2D eigenvalue weighted by Crippen LogP contribution is 2.35. The number of aromatic nitrogens is 2. The molecule has 43 heavy (non-hydrogen) atoms. The van der Waals surface area contributed by atoms with Gasteiger partial charge in [0.25, 0.3) is 10.0 Å². The molecule has 1 atom stereocenters. The van der Waals surface area contributed by atoms with E-state index in [1.165, 1.54) is 31.2 Å². The van der Waals surface area contributed by atoms with Crippen molar-refractivity contribution in [1.82, 2.24) is 15.3 Å². The number of hydrogen-bond donors (Lipinski definition) is 3. The molecule has 1 aliphatic heterocycles. The molecule has 8 nitrogen and oxygen atoms in total. The van der Waals surface area contributed by atoms with Crippen molar-refractivity contribution in [3.63, 3.8) is 0 Å². The normalized spacial score (nSPS) is 13.6. The minimum absolute atomic E-state index is 0.254. The van der Waals surface area contributed by atoms with Crippen molar-refractivity contribution in [2.45, 2.75) is 62.9 Å². The maximum atomic E-state index is 13.2. The number of benzene rings is 2. The highest BCUT2D eigenvalue weighted by molar-refractivity contribution is 7.92. The van der Waals surface area contributed by atoms with Crippen LogP contribution in [0.25, 0.3) is 0 Å². The maximum Gasteiger partial charge on any atom is 0.261 e. The first-order valence-corrected chi connectivity index (χ1v) is 16.7. The van der Waals surface area contributed by atoms with Crippen LogP contribution in [-0.2, 0) is 29.3 Å². The summed E-state index contributed by atoms with van der Waals surface area (Å²) in [5.74, 6) is 0.893. The van der Waals surface area contributed by atoms with Crippen molar-refractivity contribution in [2.75, 3.05) is 29.3 Å². The lowest BCUT2D eigenvalue weighted by Crippen LogP contribution is -2.23. The molecule has 0 aliphatic carbocycles. The molecule has 0 amide bonds. The van der Waals surface area contributed by atoms with Gasteiger partial charge in [-0.2, -0.15) is 0 Å². The molecule has 226 valence electrons. The van der Waals surface area contributed by atoms with Crippen molar-refractivity contribution in [1.29, 1.82) is 0 Å². The van der Waals surface area contributed by atoms with Crippen LogP contribution < -0.4 is 14.9 Å². The topological polar surface area (TPSA) is 107 Å². The van der Waals surface area contributed by atoms with E-state index in [0.29, 0.717) is 18.8 Å². The van der Waals surface area contributed by atoms with E-state index in [2.05, 4.69) is 39.0 Å². The number of nitrogens with zero attached hydrogens (tertiary/aromatic N) is 3. The first-order chi connectivity index (χ1) is 20.9. The third-order valence-electron chi connectivity index (χ3n) is 7.86. The fourth-order valence-electron chi connectivity index (χ4n) is 5.38. The SMILES string of the molecule is CCCCCCc1ccc(N2CCc3cc(S(=O)(=O)Nc4ccc(CCNC[C@H](O)c5cccnc5)cc4)ccc32)nc1. The van der Waals surface area contributed by atoms with Crippen LogP contribution >= 0.6 is 0 Å². The van der Waals surface area contributed by atoms with Gasteiger partial charge >= 0.3 is 0 Å². The molecule has 0 saturated heterocycles. The molecule has 0 bridgehead atoms. The van der Waals surface area contributed by atoms with Gasteiger partial charge in [-0.15, -0.1) is 0 Å². The van der Waals surface area contributed by atoms with Crippen LogP contribution in [0.1, 0.15) is 61.0 Å².